The van der Waals surface area contributed by atoms with Crippen LogP contribution in [0.5, 0.6) is 0 Å². The maximum atomic E-state index is 4.54. The Morgan fingerprint density at radius 3 is 2.65 bits per heavy atom. The predicted molar refractivity (Wildman–Crippen MR) is 97.8 cm³/mol. The van der Waals surface area contributed by atoms with Crippen LogP contribution in [0.3, 0.4) is 0 Å². The molecule has 122 valence electrons. The van der Waals surface area contributed by atoms with Gasteiger partial charge in [0.2, 0.25) is 0 Å². The Labute approximate surface area is 145 Å². The normalized spacial score (nSPS) is 15.7. The van der Waals surface area contributed by atoms with E-state index in [4.69, 9.17) is 0 Å². The molecule has 23 heavy (non-hydrogen) atoms. The average molecular weight is 376 g/mol. The number of nitrogens with zero attached hydrogens (tertiary/aromatic N) is 4. The second kappa shape index (κ2) is 7.75. The topological polar surface area (TPSA) is 44.3 Å². The van der Waals surface area contributed by atoms with E-state index in [1.807, 2.05) is 18.3 Å². The van der Waals surface area contributed by atoms with Crippen molar-refractivity contribution in [2.45, 2.75) is 13.5 Å². The van der Waals surface area contributed by atoms with Crippen molar-refractivity contribution in [1.29, 1.82) is 0 Å². The van der Waals surface area contributed by atoms with Gasteiger partial charge in [-0.15, -0.1) is 0 Å². The van der Waals surface area contributed by atoms with E-state index in [9.17, 15) is 0 Å². The quantitative estimate of drug-likeness (QED) is 0.869. The first-order valence-electron chi connectivity index (χ1n) is 8.02. The molecule has 0 amide bonds. The highest BCUT2D eigenvalue weighted by molar-refractivity contribution is 9.10. The van der Waals surface area contributed by atoms with Crippen LogP contribution in [-0.2, 0) is 6.54 Å². The van der Waals surface area contributed by atoms with Gasteiger partial charge in [-0.3, -0.25) is 0 Å². The van der Waals surface area contributed by atoms with Crippen LogP contribution in [-0.4, -0.2) is 47.6 Å². The van der Waals surface area contributed by atoms with E-state index in [2.05, 4.69) is 60.1 Å². The van der Waals surface area contributed by atoms with Crippen LogP contribution in [0.15, 0.2) is 41.1 Å². The number of anilines is 2. The second-order valence-corrected chi connectivity index (χ2v) is 6.57. The van der Waals surface area contributed by atoms with Gasteiger partial charge in [0.1, 0.15) is 11.6 Å². The van der Waals surface area contributed by atoms with Gasteiger partial charge in [0.15, 0.2) is 0 Å². The summed E-state index contributed by atoms with van der Waals surface area (Å²) in [5.41, 5.74) is 1.22. The lowest BCUT2D eigenvalue weighted by Crippen LogP contribution is -2.46. The Morgan fingerprint density at radius 2 is 1.96 bits per heavy atom. The number of pyridine rings is 2. The van der Waals surface area contributed by atoms with Gasteiger partial charge in [0.05, 0.1) is 0 Å². The molecule has 1 saturated heterocycles. The van der Waals surface area contributed by atoms with Gasteiger partial charge in [-0.05, 0) is 52.3 Å². The first kappa shape index (κ1) is 16.2. The highest BCUT2D eigenvalue weighted by Crippen LogP contribution is 2.16. The number of piperazine rings is 1. The van der Waals surface area contributed by atoms with E-state index in [1.165, 1.54) is 5.56 Å². The van der Waals surface area contributed by atoms with Crippen molar-refractivity contribution in [3.8, 4) is 0 Å². The smallest absolute Gasteiger partial charge is 0.128 e. The van der Waals surface area contributed by atoms with Gasteiger partial charge in [-0.1, -0.05) is 6.92 Å². The van der Waals surface area contributed by atoms with Gasteiger partial charge >= 0.3 is 0 Å². The summed E-state index contributed by atoms with van der Waals surface area (Å²) in [6.45, 7) is 8.42. The molecule has 6 heteroatoms. The van der Waals surface area contributed by atoms with E-state index < -0.39 is 0 Å². The van der Waals surface area contributed by atoms with Crippen molar-refractivity contribution >= 4 is 27.6 Å². The highest BCUT2D eigenvalue weighted by Gasteiger charge is 2.16. The molecule has 1 N–H and O–H groups in total. The Morgan fingerprint density at radius 1 is 1.13 bits per heavy atom. The van der Waals surface area contributed by atoms with E-state index >= 15 is 0 Å². The van der Waals surface area contributed by atoms with Crippen molar-refractivity contribution < 1.29 is 0 Å². The Hall–Kier alpha value is -1.66. The van der Waals surface area contributed by atoms with Crippen LogP contribution in [0.25, 0.3) is 0 Å². The van der Waals surface area contributed by atoms with E-state index in [0.29, 0.717) is 0 Å². The number of nitrogens with one attached hydrogen (secondary N) is 1. The number of likely N-dealkylation sites (N-methyl/N-ethyl adjacent to an activating group) is 1. The summed E-state index contributed by atoms with van der Waals surface area (Å²) in [7, 11) is 0. The molecule has 0 bridgehead atoms. The lowest BCUT2D eigenvalue weighted by atomic mass is 10.2. The van der Waals surface area contributed by atoms with Crippen LogP contribution >= 0.6 is 15.9 Å². The zero-order valence-corrected chi connectivity index (χ0v) is 15.0. The van der Waals surface area contributed by atoms with Gasteiger partial charge in [0.25, 0.3) is 0 Å². The minimum absolute atomic E-state index is 0.749. The molecule has 0 aromatic carbocycles. The zero-order valence-electron chi connectivity index (χ0n) is 13.4. The molecule has 1 aliphatic rings. The molecule has 0 spiro atoms. The average Bonchev–Trinajstić information content (AvgIpc) is 2.61. The van der Waals surface area contributed by atoms with Crippen molar-refractivity contribution in [2.75, 3.05) is 42.9 Å². The highest BCUT2D eigenvalue weighted by atomic mass is 79.9. The molecule has 0 unspecified atom stereocenters. The second-order valence-electron chi connectivity index (χ2n) is 5.66. The summed E-state index contributed by atoms with van der Waals surface area (Å²) >= 11 is 3.40. The minimum Gasteiger partial charge on any atom is -0.366 e. The summed E-state index contributed by atoms with van der Waals surface area (Å²) in [4.78, 5) is 13.7. The summed E-state index contributed by atoms with van der Waals surface area (Å²) in [5, 5.41) is 3.35. The Kier molecular flexibility index (Phi) is 5.46. The largest absolute Gasteiger partial charge is 0.366 e. The molecule has 3 heterocycles. The predicted octanol–water partition coefficient (Wildman–Crippen LogP) is 2.99. The number of aromatic nitrogens is 2. The fraction of sp³-hybridized carbons (Fsp3) is 0.412. The maximum Gasteiger partial charge on any atom is 0.128 e. The van der Waals surface area contributed by atoms with Crippen LogP contribution in [0.1, 0.15) is 12.5 Å². The molecule has 3 rings (SSSR count). The number of hydrogen-bond donors (Lipinski definition) is 1. The van der Waals surface area contributed by atoms with Gasteiger partial charge in [-0.25, -0.2) is 9.97 Å². The zero-order chi connectivity index (χ0) is 16.1. The Bertz CT molecular complexity index is 623. The molecule has 2 aromatic rings. The molecule has 1 fully saturated rings. The summed E-state index contributed by atoms with van der Waals surface area (Å²) in [6, 6.07) is 8.18. The van der Waals surface area contributed by atoms with Crippen LogP contribution in [0.2, 0.25) is 0 Å². The molecule has 0 atom stereocenters. The van der Waals surface area contributed by atoms with Gasteiger partial charge in [-0.2, -0.15) is 0 Å². The lowest BCUT2D eigenvalue weighted by molar-refractivity contribution is 0.270. The van der Waals surface area contributed by atoms with Crippen LogP contribution < -0.4 is 10.2 Å². The van der Waals surface area contributed by atoms with Crippen molar-refractivity contribution in [3.63, 3.8) is 0 Å². The lowest BCUT2D eigenvalue weighted by Gasteiger charge is -2.34. The number of rotatable bonds is 5. The molecular weight excluding hydrogens is 354 g/mol. The fourth-order valence-corrected chi connectivity index (χ4v) is 2.94. The van der Waals surface area contributed by atoms with Crippen LogP contribution in [0, 0.1) is 0 Å². The van der Waals surface area contributed by atoms with Crippen LogP contribution in [0.4, 0.5) is 11.6 Å². The number of hydrogen-bond acceptors (Lipinski definition) is 5. The van der Waals surface area contributed by atoms with Crippen molar-refractivity contribution in [2.24, 2.45) is 0 Å². The standard InChI is InChI=1S/C17H22BrN5/c1-2-22-7-9-23(10-8-22)17-11-14(5-6-19-17)12-20-16-4-3-15(18)13-21-16/h3-6,11,13H,2,7-10,12H2,1H3,(H,20,21). The SMILES string of the molecule is CCN1CCN(c2cc(CNc3ccc(Br)cn3)ccn2)CC1. The first-order chi connectivity index (χ1) is 11.2. The van der Waals surface area contributed by atoms with E-state index in [1.54, 1.807) is 6.20 Å². The summed E-state index contributed by atoms with van der Waals surface area (Å²) in [5.74, 6) is 1.95. The molecule has 2 aromatic heterocycles. The minimum atomic E-state index is 0.749. The third-order valence-corrected chi connectivity index (χ3v) is 4.62. The van der Waals surface area contributed by atoms with Crippen molar-refractivity contribution in [1.82, 2.24) is 14.9 Å². The fourth-order valence-electron chi connectivity index (χ4n) is 2.71. The monoisotopic (exact) mass is 375 g/mol. The third-order valence-electron chi connectivity index (χ3n) is 4.15. The van der Waals surface area contributed by atoms with Crippen molar-refractivity contribution in [3.05, 3.63) is 46.7 Å². The third kappa shape index (κ3) is 4.42. The molecule has 0 aliphatic carbocycles. The van der Waals surface area contributed by atoms with Gasteiger partial charge in [0, 0.05) is 49.6 Å². The first-order valence-corrected chi connectivity index (χ1v) is 8.81. The van der Waals surface area contributed by atoms with E-state index in [0.717, 1.165) is 55.4 Å². The van der Waals surface area contributed by atoms with Gasteiger partial charge < -0.3 is 15.1 Å². The Balaban J connectivity index is 1.60. The molecule has 5 nitrogen and oxygen atoms in total. The molecule has 0 radical (unpaired) electrons. The summed E-state index contributed by atoms with van der Waals surface area (Å²) < 4.78 is 0.987. The molecule has 0 saturated carbocycles. The number of halogens is 1. The maximum absolute atomic E-state index is 4.54. The van der Waals surface area contributed by atoms with E-state index in [-0.39, 0.29) is 0 Å². The molecule has 1 aliphatic heterocycles. The molecular formula is C17H22BrN5. The summed E-state index contributed by atoms with van der Waals surface area (Å²) in [6.07, 6.45) is 3.70.